The average molecular weight is 500 g/mol. The number of benzene rings is 2. The Morgan fingerprint density at radius 1 is 0.816 bits per heavy atom. The van der Waals surface area contributed by atoms with Gasteiger partial charge in [0.05, 0.1) is 11.4 Å². The van der Waals surface area contributed by atoms with Gasteiger partial charge in [-0.05, 0) is 59.8 Å². The van der Waals surface area contributed by atoms with Crippen LogP contribution in [0.25, 0.3) is 38.5 Å². The topological polar surface area (TPSA) is 81.8 Å². The summed E-state index contributed by atoms with van der Waals surface area (Å²) in [5.74, 6) is 0.654. The third kappa shape index (κ3) is 4.04. The van der Waals surface area contributed by atoms with E-state index in [9.17, 15) is 9.59 Å². The van der Waals surface area contributed by atoms with E-state index in [2.05, 4.69) is 15.3 Å². The largest absolute Gasteiger partial charge is 0.360 e. The van der Waals surface area contributed by atoms with E-state index in [-0.39, 0.29) is 17.2 Å². The zero-order valence-corrected chi connectivity index (χ0v) is 21.0. The average Bonchev–Trinajstić information content (AvgIpc) is 2.94. The van der Waals surface area contributed by atoms with Crippen molar-refractivity contribution in [2.75, 3.05) is 5.32 Å². The van der Waals surface area contributed by atoms with Crippen LogP contribution in [0, 0.1) is 0 Å². The lowest BCUT2D eigenvalue weighted by Gasteiger charge is -2.22. The minimum absolute atomic E-state index is 0.102. The first-order chi connectivity index (χ1) is 18.5. The molecule has 186 valence electrons. The number of aromatic nitrogens is 4. The number of pyridine rings is 4. The highest BCUT2D eigenvalue weighted by Crippen LogP contribution is 2.30. The highest BCUT2D eigenvalue weighted by atomic mass is 16.1. The molecule has 38 heavy (non-hydrogen) atoms. The van der Waals surface area contributed by atoms with Crippen LogP contribution in [-0.4, -0.2) is 19.1 Å². The van der Waals surface area contributed by atoms with Crippen LogP contribution in [0.15, 0.2) is 113 Å². The van der Waals surface area contributed by atoms with Crippen LogP contribution in [0.1, 0.15) is 18.7 Å². The third-order valence-electron chi connectivity index (χ3n) is 6.80. The molecule has 0 amide bonds. The molecule has 0 unspecified atom stereocenters. The fourth-order valence-electron chi connectivity index (χ4n) is 4.93. The molecule has 0 radical (unpaired) electrons. The number of nitrogens with zero attached hydrogens (tertiary/aromatic N) is 4. The quantitative estimate of drug-likeness (QED) is 0.340. The summed E-state index contributed by atoms with van der Waals surface area (Å²) in [7, 11) is 1.71. The van der Waals surface area contributed by atoms with Gasteiger partial charge in [-0.3, -0.25) is 19.1 Å². The second-order valence-corrected chi connectivity index (χ2v) is 9.28. The number of fused-ring (bicyclic) bond motifs is 2. The van der Waals surface area contributed by atoms with Gasteiger partial charge in [0.25, 0.3) is 5.56 Å². The van der Waals surface area contributed by atoms with Gasteiger partial charge in [-0.2, -0.15) is 0 Å². The van der Waals surface area contributed by atoms with Crippen molar-refractivity contribution in [3.05, 3.63) is 130 Å². The van der Waals surface area contributed by atoms with Crippen molar-refractivity contribution >= 4 is 27.5 Å². The fraction of sp³-hybridized carbons (Fsp3) is 0.0968. The molecule has 0 spiro atoms. The molecule has 0 saturated carbocycles. The zero-order chi connectivity index (χ0) is 26.2. The zero-order valence-electron chi connectivity index (χ0n) is 21.0. The van der Waals surface area contributed by atoms with E-state index in [0.717, 1.165) is 38.8 Å². The first-order valence-corrected chi connectivity index (χ1v) is 12.4. The first-order valence-electron chi connectivity index (χ1n) is 12.4. The number of hydrogen-bond donors (Lipinski definition) is 1. The van der Waals surface area contributed by atoms with Crippen molar-refractivity contribution in [3.8, 4) is 16.8 Å². The molecule has 0 aliphatic carbocycles. The Labute approximate surface area is 218 Å². The summed E-state index contributed by atoms with van der Waals surface area (Å²) in [4.78, 5) is 35.4. The molecule has 1 N–H and O–H groups in total. The van der Waals surface area contributed by atoms with Gasteiger partial charge in [-0.1, -0.05) is 42.5 Å². The molecule has 0 bridgehead atoms. The highest BCUT2D eigenvalue weighted by Gasteiger charge is 2.20. The highest BCUT2D eigenvalue weighted by molar-refractivity contribution is 5.96. The van der Waals surface area contributed by atoms with Gasteiger partial charge in [0, 0.05) is 48.5 Å². The predicted octanol–water partition coefficient (Wildman–Crippen LogP) is 5.47. The second kappa shape index (κ2) is 9.44. The summed E-state index contributed by atoms with van der Waals surface area (Å²) >= 11 is 0. The van der Waals surface area contributed by atoms with E-state index >= 15 is 0 Å². The van der Waals surface area contributed by atoms with Crippen molar-refractivity contribution < 1.29 is 0 Å². The summed E-state index contributed by atoms with van der Waals surface area (Å²) in [6.07, 6.45) is 5.26. The van der Waals surface area contributed by atoms with Crippen LogP contribution in [0.2, 0.25) is 0 Å². The molecule has 7 heteroatoms. The van der Waals surface area contributed by atoms with Gasteiger partial charge >= 0.3 is 0 Å². The molecule has 2 aromatic carbocycles. The minimum atomic E-state index is -0.270. The molecular weight excluding hydrogens is 474 g/mol. The fourth-order valence-corrected chi connectivity index (χ4v) is 4.93. The van der Waals surface area contributed by atoms with Crippen molar-refractivity contribution in [2.45, 2.75) is 13.0 Å². The monoisotopic (exact) mass is 499 g/mol. The van der Waals surface area contributed by atoms with Crippen LogP contribution in [0.4, 0.5) is 5.82 Å². The lowest BCUT2D eigenvalue weighted by atomic mass is 9.98. The number of para-hydroxylation sites is 1. The molecule has 0 aliphatic rings. The minimum Gasteiger partial charge on any atom is -0.360 e. The van der Waals surface area contributed by atoms with Gasteiger partial charge in [-0.15, -0.1) is 0 Å². The molecular formula is C31H25N5O2. The summed E-state index contributed by atoms with van der Waals surface area (Å²) in [6.45, 7) is 2.01. The van der Waals surface area contributed by atoms with E-state index in [1.807, 2.05) is 79.7 Å². The second-order valence-electron chi connectivity index (χ2n) is 9.28. The number of rotatable bonds is 5. The smallest absolute Gasteiger partial charge is 0.263 e. The molecule has 1 atom stereocenters. The Bertz CT molecular complexity index is 1920. The Morgan fingerprint density at radius 3 is 2.45 bits per heavy atom. The van der Waals surface area contributed by atoms with Gasteiger partial charge in [0.2, 0.25) is 5.56 Å². The van der Waals surface area contributed by atoms with Crippen molar-refractivity contribution in [2.24, 2.45) is 7.05 Å². The molecule has 6 aromatic rings. The van der Waals surface area contributed by atoms with Crippen LogP contribution < -0.4 is 16.4 Å². The number of nitrogens with one attached hydrogen (secondary N) is 1. The Hall–Kier alpha value is -5.04. The van der Waals surface area contributed by atoms with Gasteiger partial charge in [0.15, 0.2) is 5.82 Å². The maximum atomic E-state index is 14.3. The predicted molar refractivity (Wildman–Crippen MR) is 152 cm³/mol. The van der Waals surface area contributed by atoms with Crippen LogP contribution in [0.5, 0.6) is 0 Å². The summed E-state index contributed by atoms with van der Waals surface area (Å²) in [5, 5.41) is 5.89. The SMILES string of the molecule is C[C@H](Nc1nccc2cccnc12)c1cc2cccc(-c3ccc(=O)n(C)c3)c2c(=O)n1-c1ccccc1. The summed E-state index contributed by atoms with van der Waals surface area (Å²) in [5.41, 5.74) is 3.68. The molecule has 4 aromatic heterocycles. The summed E-state index contributed by atoms with van der Waals surface area (Å²) < 4.78 is 3.28. The maximum Gasteiger partial charge on any atom is 0.263 e. The van der Waals surface area contributed by atoms with Crippen molar-refractivity contribution in [1.29, 1.82) is 0 Å². The van der Waals surface area contributed by atoms with Crippen molar-refractivity contribution in [1.82, 2.24) is 19.1 Å². The van der Waals surface area contributed by atoms with E-state index in [4.69, 9.17) is 0 Å². The summed E-state index contributed by atoms with van der Waals surface area (Å²) in [6, 6.07) is 26.3. The molecule has 4 heterocycles. The van der Waals surface area contributed by atoms with Crippen molar-refractivity contribution in [3.63, 3.8) is 0 Å². The number of hydrogen-bond acceptors (Lipinski definition) is 5. The Kier molecular flexibility index (Phi) is 5.81. The Morgan fingerprint density at radius 2 is 1.63 bits per heavy atom. The van der Waals surface area contributed by atoms with Crippen LogP contribution >= 0.6 is 0 Å². The number of anilines is 1. The molecule has 0 fully saturated rings. The van der Waals surface area contributed by atoms with E-state index in [0.29, 0.717) is 11.2 Å². The molecule has 6 rings (SSSR count). The van der Waals surface area contributed by atoms with Crippen LogP contribution in [0.3, 0.4) is 0 Å². The maximum absolute atomic E-state index is 14.3. The molecule has 7 nitrogen and oxygen atoms in total. The van der Waals surface area contributed by atoms with E-state index in [1.165, 1.54) is 10.6 Å². The Balaban J connectivity index is 1.57. The molecule has 0 aliphatic heterocycles. The van der Waals surface area contributed by atoms with Gasteiger partial charge in [-0.25, -0.2) is 4.98 Å². The van der Waals surface area contributed by atoms with Gasteiger partial charge in [0.1, 0.15) is 5.52 Å². The van der Waals surface area contributed by atoms with Crippen LogP contribution in [-0.2, 0) is 7.05 Å². The third-order valence-corrected chi connectivity index (χ3v) is 6.80. The number of aryl methyl sites for hydroxylation is 1. The van der Waals surface area contributed by atoms with E-state index in [1.54, 1.807) is 36.3 Å². The first kappa shape index (κ1) is 23.4. The normalized spacial score (nSPS) is 12.1. The lowest BCUT2D eigenvalue weighted by Crippen LogP contribution is -2.26. The lowest BCUT2D eigenvalue weighted by molar-refractivity contribution is 0.774. The van der Waals surface area contributed by atoms with Gasteiger partial charge < -0.3 is 9.88 Å². The molecule has 0 saturated heterocycles. The standard InChI is InChI=1S/C31H25N5O2/c1-20(34-30-29-21(15-17-33-30)9-7-16-32-29)26-18-22-8-6-12-25(23-13-14-27(37)35(2)19-23)28(22)31(38)36(26)24-10-4-3-5-11-24/h3-20H,1-2H3,(H,33,34)/t20-/m0/s1. The van der Waals surface area contributed by atoms with E-state index < -0.39 is 0 Å².